The number of rotatable bonds is 5. The Morgan fingerprint density at radius 2 is 1.84 bits per heavy atom. The summed E-state index contributed by atoms with van der Waals surface area (Å²) in [4.78, 5) is 12.6. The molecule has 1 N–H and O–H groups in total. The molecule has 128 valence electrons. The lowest BCUT2D eigenvalue weighted by molar-refractivity contribution is 0.0954. The largest absolute Gasteiger partial charge is 0.355 e. The van der Waals surface area contributed by atoms with Crippen molar-refractivity contribution in [3.63, 3.8) is 0 Å². The lowest BCUT2D eigenvalue weighted by atomic mass is 10.0. The molecular formula is C20H19FN2O2. The van der Waals surface area contributed by atoms with Crippen LogP contribution in [0.4, 0.5) is 4.39 Å². The molecule has 25 heavy (non-hydrogen) atoms. The van der Waals surface area contributed by atoms with Gasteiger partial charge < -0.3 is 9.84 Å². The van der Waals surface area contributed by atoms with Gasteiger partial charge in [-0.15, -0.1) is 0 Å². The number of carbonyl (C=O) groups is 1. The molecule has 0 unspecified atom stereocenters. The first-order valence-electron chi connectivity index (χ1n) is 8.11. The molecule has 5 heteroatoms. The van der Waals surface area contributed by atoms with Crippen LogP contribution in [-0.4, -0.2) is 17.6 Å². The summed E-state index contributed by atoms with van der Waals surface area (Å²) in [6, 6.07) is 14.0. The van der Waals surface area contributed by atoms with Gasteiger partial charge in [-0.2, -0.15) is 0 Å². The van der Waals surface area contributed by atoms with Crippen molar-refractivity contribution in [2.45, 2.75) is 20.3 Å². The van der Waals surface area contributed by atoms with E-state index in [1.165, 1.54) is 12.1 Å². The van der Waals surface area contributed by atoms with Crippen LogP contribution in [0.1, 0.15) is 27.2 Å². The Morgan fingerprint density at radius 1 is 1.12 bits per heavy atom. The highest BCUT2D eigenvalue weighted by Gasteiger charge is 2.22. The van der Waals surface area contributed by atoms with Crippen molar-refractivity contribution in [2.75, 3.05) is 6.54 Å². The first-order valence-corrected chi connectivity index (χ1v) is 8.11. The maximum atomic E-state index is 12.9. The first kappa shape index (κ1) is 16.9. The van der Waals surface area contributed by atoms with Gasteiger partial charge in [-0.05, 0) is 43.5 Å². The zero-order valence-corrected chi connectivity index (χ0v) is 14.2. The molecule has 0 bridgehead atoms. The van der Waals surface area contributed by atoms with E-state index in [-0.39, 0.29) is 11.7 Å². The van der Waals surface area contributed by atoms with Gasteiger partial charge in [-0.25, -0.2) is 4.39 Å². The van der Waals surface area contributed by atoms with E-state index in [0.717, 1.165) is 16.7 Å². The van der Waals surface area contributed by atoms with Crippen molar-refractivity contribution < 1.29 is 13.7 Å². The Hall–Kier alpha value is -2.95. The molecule has 1 heterocycles. The minimum Gasteiger partial charge on any atom is -0.355 e. The standard InChI is InChI=1S/C20H19FN2O2/c1-13-5-3-4-6-17(13)19-18(14(2)23-25-19)20(24)22-12-11-15-7-9-16(21)10-8-15/h3-10H,11-12H2,1-2H3,(H,22,24). The number of aromatic nitrogens is 1. The van der Waals surface area contributed by atoms with Gasteiger partial charge in [0.2, 0.25) is 0 Å². The summed E-state index contributed by atoms with van der Waals surface area (Å²) in [6.45, 7) is 4.16. The second-order valence-electron chi connectivity index (χ2n) is 5.92. The molecule has 0 atom stereocenters. The molecule has 0 aliphatic carbocycles. The van der Waals surface area contributed by atoms with Crippen LogP contribution in [0.15, 0.2) is 53.1 Å². The van der Waals surface area contributed by atoms with Crippen molar-refractivity contribution in [3.05, 3.63) is 76.7 Å². The molecule has 1 amide bonds. The average molecular weight is 338 g/mol. The summed E-state index contributed by atoms with van der Waals surface area (Å²) >= 11 is 0. The van der Waals surface area contributed by atoms with Crippen molar-refractivity contribution in [1.82, 2.24) is 10.5 Å². The second kappa shape index (κ2) is 7.30. The number of aryl methyl sites for hydroxylation is 2. The molecule has 0 aliphatic rings. The highest BCUT2D eigenvalue weighted by Crippen LogP contribution is 2.28. The maximum absolute atomic E-state index is 12.9. The molecule has 1 aromatic heterocycles. The van der Waals surface area contributed by atoms with E-state index in [0.29, 0.717) is 30.0 Å². The van der Waals surface area contributed by atoms with Gasteiger partial charge in [0.15, 0.2) is 5.76 Å². The van der Waals surface area contributed by atoms with Crippen LogP contribution in [0.25, 0.3) is 11.3 Å². The number of carbonyl (C=O) groups excluding carboxylic acids is 1. The zero-order chi connectivity index (χ0) is 17.8. The molecule has 0 aliphatic heterocycles. The predicted octanol–water partition coefficient (Wildman–Crippen LogP) is 4.07. The minimum absolute atomic E-state index is 0.223. The van der Waals surface area contributed by atoms with E-state index in [2.05, 4.69) is 10.5 Å². The van der Waals surface area contributed by atoms with Gasteiger partial charge in [0.1, 0.15) is 11.4 Å². The molecule has 2 aromatic carbocycles. The number of hydrogen-bond donors (Lipinski definition) is 1. The molecule has 3 aromatic rings. The van der Waals surface area contributed by atoms with E-state index in [1.807, 2.05) is 31.2 Å². The highest BCUT2D eigenvalue weighted by molar-refractivity contribution is 6.00. The van der Waals surface area contributed by atoms with E-state index in [4.69, 9.17) is 4.52 Å². The van der Waals surface area contributed by atoms with Gasteiger partial charge >= 0.3 is 0 Å². The molecule has 4 nitrogen and oxygen atoms in total. The Morgan fingerprint density at radius 3 is 2.56 bits per heavy atom. The van der Waals surface area contributed by atoms with Crippen LogP contribution in [-0.2, 0) is 6.42 Å². The van der Waals surface area contributed by atoms with E-state index in [1.54, 1.807) is 19.1 Å². The van der Waals surface area contributed by atoms with Gasteiger partial charge in [0, 0.05) is 12.1 Å². The van der Waals surface area contributed by atoms with Crippen LogP contribution in [0.2, 0.25) is 0 Å². The van der Waals surface area contributed by atoms with Gasteiger partial charge in [-0.1, -0.05) is 41.6 Å². The van der Waals surface area contributed by atoms with Crippen LogP contribution in [0.5, 0.6) is 0 Å². The smallest absolute Gasteiger partial charge is 0.257 e. The molecule has 0 spiro atoms. The maximum Gasteiger partial charge on any atom is 0.257 e. The van der Waals surface area contributed by atoms with Crippen LogP contribution < -0.4 is 5.32 Å². The van der Waals surface area contributed by atoms with Crippen LogP contribution in [0, 0.1) is 19.7 Å². The fourth-order valence-corrected chi connectivity index (χ4v) is 2.71. The summed E-state index contributed by atoms with van der Waals surface area (Å²) in [6.07, 6.45) is 0.621. The summed E-state index contributed by atoms with van der Waals surface area (Å²) in [5, 5.41) is 6.84. The molecule has 0 saturated heterocycles. The Bertz CT molecular complexity index is 885. The second-order valence-corrected chi connectivity index (χ2v) is 5.92. The summed E-state index contributed by atoms with van der Waals surface area (Å²) in [5.41, 5.74) is 3.83. The van der Waals surface area contributed by atoms with Crippen molar-refractivity contribution in [1.29, 1.82) is 0 Å². The van der Waals surface area contributed by atoms with Crippen LogP contribution in [0.3, 0.4) is 0 Å². The lowest BCUT2D eigenvalue weighted by Crippen LogP contribution is -2.26. The molecule has 0 saturated carbocycles. The minimum atomic E-state index is -0.268. The number of benzene rings is 2. The summed E-state index contributed by atoms with van der Waals surface area (Å²) in [5.74, 6) is -0.00949. The topological polar surface area (TPSA) is 55.1 Å². The quantitative estimate of drug-likeness (QED) is 0.763. The average Bonchev–Trinajstić information content (AvgIpc) is 2.98. The van der Waals surface area contributed by atoms with Gasteiger partial charge in [-0.3, -0.25) is 4.79 Å². The number of nitrogens with one attached hydrogen (secondary N) is 1. The Balaban J connectivity index is 1.73. The summed E-state index contributed by atoms with van der Waals surface area (Å²) in [7, 11) is 0. The predicted molar refractivity (Wildman–Crippen MR) is 93.9 cm³/mol. The highest BCUT2D eigenvalue weighted by atomic mass is 19.1. The Kier molecular flexibility index (Phi) is 4.93. The number of hydrogen-bond acceptors (Lipinski definition) is 3. The number of halogens is 1. The monoisotopic (exact) mass is 338 g/mol. The van der Waals surface area contributed by atoms with Gasteiger partial charge in [0.25, 0.3) is 5.91 Å². The first-order chi connectivity index (χ1) is 12.1. The molecular weight excluding hydrogens is 319 g/mol. The van der Waals surface area contributed by atoms with Crippen LogP contribution >= 0.6 is 0 Å². The zero-order valence-electron chi connectivity index (χ0n) is 14.2. The fourth-order valence-electron chi connectivity index (χ4n) is 2.71. The van der Waals surface area contributed by atoms with Crippen molar-refractivity contribution >= 4 is 5.91 Å². The third-order valence-electron chi connectivity index (χ3n) is 4.09. The number of nitrogens with zero attached hydrogens (tertiary/aromatic N) is 1. The molecule has 0 fully saturated rings. The van der Waals surface area contributed by atoms with E-state index < -0.39 is 0 Å². The number of amides is 1. The fraction of sp³-hybridized carbons (Fsp3) is 0.200. The SMILES string of the molecule is Cc1ccccc1-c1onc(C)c1C(=O)NCCc1ccc(F)cc1. The normalized spacial score (nSPS) is 10.7. The van der Waals surface area contributed by atoms with Gasteiger partial charge in [0.05, 0.1) is 5.69 Å². The molecule has 3 rings (SSSR count). The van der Waals surface area contributed by atoms with E-state index in [9.17, 15) is 9.18 Å². The third kappa shape index (κ3) is 3.76. The molecule has 0 radical (unpaired) electrons. The van der Waals surface area contributed by atoms with E-state index >= 15 is 0 Å². The van der Waals surface area contributed by atoms with Crippen molar-refractivity contribution in [2.24, 2.45) is 0 Å². The summed E-state index contributed by atoms with van der Waals surface area (Å²) < 4.78 is 18.3. The van der Waals surface area contributed by atoms with Crippen molar-refractivity contribution in [3.8, 4) is 11.3 Å². The third-order valence-corrected chi connectivity index (χ3v) is 4.09. The lowest BCUT2D eigenvalue weighted by Gasteiger charge is -2.07. The Labute approximate surface area is 145 Å².